The minimum Gasteiger partial charge on any atom is -0.349 e. The fourth-order valence-corrected chi connectivity index (χ4v) is 6.02. The minimum absolute atomic E-state index is 0.00362. The molecule has 0 aliphatic heterocycles. The van der Waals surface area contributed by atoms with E-state index in [1.807, 2.05) is 25.1 Å². The third-order valence-corrected chi connectivity index (χ3v) is 8.91. The summed E-state index contributed by atoms with van der Waals surface area (Å²) in [5.41, 5.74) is 1.83. The highest BCUT2D eigenvalue weighted by atomic mass is 32.2. The first kappa shape index (κ1) is 22.6. The van der Waals surface area contributed by atoms with Crippen LogP contribution in [0.4, 0.5) is 0 Å². The number of nitrogens with zero attached hydrogens (tertiary/aromatic N) is 2. The summed E-state index contributed by atoms with van der Waals surface area (Å²) in [6.07, 6.45) is 5.68. The van der Waals surface area contributed by atoms with Gasteiger partial charge in [-0.25, -0.2) is 17.7 Å². The quantitative estimate of drug-likeness (QED) is 0.540. The predicted octanol–water partition coefficient (Wildman–Crippen LogP) is 4.47. The van der Waals surface area contributed by atoms with Gasteiger partial charge < -0.3 is 5.32 Å². The molecule has 1 N–H and O–H groups in total. The highest BCUT2D eigenvalue weighted by Crippen LogP contribution is 2.38. The summed E-state index contributed by atoms with van der Waals surface area (Å²) in [6.45, 7) is 1.92. The third kappa shape index (κ3) is 4.48. The van der Waals surface area contributed by atoms with Crippen molar-refractivity contribution in [3.63, 3.8) is 0 Å². The third-order valence-electron chi connectivity index (χ3n) is 5.91. The Morgan fingerprint density at radius 3 is 2.47 bits per heavy atom. The van der Waals surface area contributed by atoms with Crippen LogP contribution in [0.3, 0.4) is 0 Å². The summed E-state index contributed by atoms with van der Waals surface area (Å²) in [7, 11) is -0.463. The number of fused-ring (bicyclic) bond motifs is 1. The number of hydrogen-bond acceptors (Lipinski definition) is 5. The van der Waals surface area contributed by atoms with Crippen LogP contribution in [-0.4, -0.2) is 37.7 Å². The molecule has 4 rings (SSSR count). The maximum Gasteiger partial charge on any atom is 0.242 e. The van der Waals surface area contributed by atoms with Crippen molar-refractivity contribution < 1.29 is 13.2 Å². The van der Waals surface area contributed by atoms with E-state index in [4.69, 9.17) is 4.98 Å². The number of benzene rings is 2. The maximum atomic E-state index is 13.2. The predicted molar refractivity (Wildman–Crippen MR) is 128 cm³/mol. The average molecular weight is 470 g/mol. The summed E-state index contributed by atoms with van der Waals surface area (Å²) in [5, 5.41) is 4.13. The molecule has 1 aromatic heterocycles. The van der Waals surface area contributed by atoms with E-state index >= 15 is 0 Å². The lowest BCUT2D eigenvalue weighted by molar-refractivity contribution is -0.126. The second kappa shape index (κ2) is 9.13. The Morgan fingerprint density at radius 1 is 1.09 bits per heavy atom. The van der Waals surface area contributed by atoms with Gasteiger partial charge in [-0.3, -0.25) is 4.79 Å². The molecular weight excluding hydrogens is 442 g/mol. The van der Waals surface area contributed by atoms with E-state index in [1.54, 1.807) is 35.6 Å². The topological polar surface area (TPSA) is 79.4 Å². The van der Waals surface area contributed by atoms with Crippen molar-refractivity contribution >= 4 is 37.5 Å². The molecule has 3 unspecified atom stereocenters. The molecule has 0 saturated heterocycles. The lowest BCUT2D eigenvalue weighted by Gasteiger charge is -2.27. The van der Waals surface area contributed by atoms with Crippen molar-refractivity contribution in [2.75, 3.05) is 14.1 Å². The van der Waals surface area contributed by atoms with Gasteiger partial charge in [0.1, 0.15) is 0 Å². The Morgan fingerprint density at radius 2 is 1.78 bits per heavy atom. The fourth-order valence-electron chi connectivity index (χ4n) is 3.97. The lowest BCUT2D eigenvalue weighted by Crippen LogP contribution is -2.36. The molecule has 0 radical (unpaired) electrons. The number of para-hydroxylation sites is 1. The van der Waals surface area contributed by atoms with Crippen molar-refractivity contribution in [2.24, 2.45) is 5.92 Å². The van der Waals surface area contributed by atoms with Crippen LogP contribution in [-0.2, 0) is 14.8 Å². The van der Waals surface area contributed by atoms with E-state index in [0.717, 1.165) is 27.2 Å². The number of rotatable bonds is 6. The zero-order valence-electron chi connectivity index (χ0n) is 18.4. The first-order valence-corrected chi connectivity index (χ1v) is 12.9. The summed E-state index contributed by atoms with van der Waals surface area (Å²) in [4.78, 5) is 18.3. The van der Waals surface area contributed by atoms with E-state index in [9.17, 15) is 13.2 Å². The number of amides is 1. The Bertz CT molecular complexity index is 1210. The van der Waals surface area contributed by atoms with Gasteiger partial charge in [0, 0.05) is 20.0 Å². The maximum absolute atomic E-state index is 13.2. The number of hydrogen-bond donors (Lipinski definition) is 1. The Hall–Kier alpha value is -2.55. The van der Waals surface area contributed by atoms with Gasteiger partial charge in [-0.2, -0.15) is 0 Å². The van der Waals surface area contributed by atoms with Gasteiger partial charge in [0.25, 0.3) is 0 Å². The van der Waals surface area contributed by atoms with Crippen LogP contribution in [0.25, 0.3) is 10.2 Å². The number of thiazole rings is 1. The molecule has 3 atom stereocenters. The number of allylic oxidation sites excluding steroid dienone is 2. The van der Waals surface area contributed by atoms with Crippen LogP contribution in [0, 0.1) is 5.92 Å². The lowest BCUT2D eigenvalue weighted by atomic mass is 9.82. The summed E-state index contributed by atoms with van der Waals surface area (Å²) in [6, 6.07) is 14.5. The Balaban J connectivity index is 1.50. The van der Waals surface area contributed by atoms with Crippen LogP contribution in [0.5, 0.6) is 0 Å². The number of carbonyl (C=O) groups excluding carboxylic acids is 1. The monoisotopic (exact) mass is 469 g/mol. The smallest absolute Gasteiger partial charge is 0.242 e. The molecule has 0 bridgehead atoms. The molecule has 1 heterocycles. The van der Waals surface area contributed by atoms with Gasteiger partial charge in [-0.1, -0.05) is 36.4 Å². The normalized spacial score (nSPS) is 19.9. The van der Waals surface area contributed by atoms with Crippen LogP contribution >= 0.6 is 11.3 Å². The highest BCUT2D eigenvalue weighted by molar-refractivity contribution is 7.89. The zero-order valence-corrected chi connectivity index (χ0v) is 20.0. The molecule has 0 saturated carbocycles. The van der Waals surface area contributed by atoms with Crippen LogP contribution < -0.4 is 5.32 Å². The van der Waals surface area contributed by atoms with Crippen molar-refractivity contribution in [3.05, 3.63) is 71.3 Å². The van der Waals surface area contributed by atoms with E-state index in [2.05, 4.69) is 23.5 Å². The van der Waals surface area contributed by atoms with Crippen molar-refractivity contribution in [2.45, 2.75) is 36.6 Å². The van der Waals surface area contributed by atoms with Gasteiger partial charge in [0.2, 0.25) is 15.9 Å². The summed E-state index contributed by atoms with van der Waals surface area (Å²) < 4.78 is 26.9. The molecule has 1 amide bonds. The first-order valence-electron chi connectivity index (χ1n) is 10.6. The van der Waals surface area contributed by atoms with Crippen LogP contribution in [0.15, 0.2) is 65.6 Å². The van der Waals surface area contributed by atoms with E-state index in [0.29, 0.717) is 6.42 Å². The molecule has 3 aromatic rings. The molecule has 6 nitrogen and oxygen atoms in total. The molecule has 168 valence electrons. The number of nitrogens with one attached hydrogen (secondary N) is 1. The second-order valence-corrected chi connectivity index (χ2v) is 11.5. The zero-order chi connectivity index (χ0) is 22.9. The summed E-state index contributed by atoms with van der Waals surface area (Å²) >= 11 is 1.66. The molecule has 0 fully saturated rings. The number of sulfonamides is 1. The van der Waals surface area contributed by atoms with Crippen molar-refractivity contribution in [1.29, 1.82) is 0 Å². The highest BCUT2D eigenvalue weighted by Gasteiger charge is 2.33. The Labute approximate surface area is 193 Å². The molecule has 1 aliphatic carbocycles. The fraction of sp³-hybridized carbons (Fsp3) is 0.333. The molecule has 2 aromatic carbocycles. The molecular formula is C24H27N3O3S2. The Kier molecular flexibility index (Phi) is 6.46. The SMILES string of the molecule is CC(NC(=O)C1CC=CCC1c1nc2ccccc2s1)c1ccc(S(=O)(=O)N(C)C)cc1. The molecule has 1 aliphatic rings. The van der Waals surface area contributed by atoms with Gasteiger partial charge >= 0.3 is 0 Å². The molecule has 0 spiro atoms. The van der Waals surface area contributed by atoms with E-state index in [1.165, 1.54) is 18.4 Å². The van der Waals surface area contributed by atoms with Crippen molar-refractivity contribution in [3.8, 4) is 0 Å². The minimum atomic E-state index is -3.48. The number of aromatic nitrogens is 1. The van der Waals surface area contributed by atoms with Gasteiger partial charge in [0.05, 0.1) is 32.1 Å². The van der Waals surface area contributed by atoms with E-state index in [-0.39, 0.29) is 28.7 Å². The molecule has 8 heteroatoms. The van der Waals surface area contributed by atoms with Gasteiger partial charge in [-0.15, -0.1) is 11.3 Å². The largest absolute Gasteiger partial charge is 0.349 e. The second-order valence-electron chi connectivity index (χ2n) is 8.26. The number of carbonyl (C=O) groups is 1. The van der Waals surface area contributed by atoms with Gasteiger partial charge in [0.15, 0.2) is 0 Å². The van der Waals surface area contributed by atoms with Crippen molar-refractivity contribution in [1.82, 2.24) is 14.6 Å². The van der Waals surface area contributed by atoms with E-state index < -0.39 is 10.0 Å². The van der Waals surface area contributed by atoms with Crippen LogP contribution in [0.2, 0.25) is 0 Å². The average Bonchev–Trinajstić information content (AvgIpc) is 3.23. The standard InChI is InChI=1S/C24H27N3O3S2/c1-16(17-12-14-18(15-13-17)32(29,30)27(2)3)25-23(28)19-8-4-5-9-20(19)24-26-21-10-6-7-11-22(21)31-24/h4-7,10-16,19-20H,8-9H2,1-3H3,(H,25,28). The molecule has 32 heavy (non-hydrogen) atoms. The van der Waals surface area contributed by atoms with Gasteiger partial charge in [-0.05, 0) is 49.6 Å². The van der Waals surface area contributed by atoms with Crippen LogP contribution in [0.1, 0.15) is 42.3 Å². The summed E-state index contributed by atoms with van der Waals surface area (Å²) in [5.74, 6) is -0.135. The first-order chi connectivity index (χ1) is 15.3.